The van der Waals surface area contributed by atoms with E-state index < -0.39 is 17.9 Å². The Labute approximate surface area is 121 Å². The number of benzene rings is 1. The molecule has 1 N–H and O–H groups in total. The maximum atomic E-state index is 12.5. The normalized spacial score (nSPS) is 20.7. The van der Waals surface area contributed by atoms with Gasteiger partial charge in [-0.1, -0.05) is 24.3 Å². The highest BCUT2D eigenvalue weighted by molar-refractivity contribution is 5.94. The Morgan fingerprint density at radius 3 is 2.62 bits per heavy atom. The molecule has 2 aliphatic rings. The van der Waals surface area contributed by atoms with Crippen LogP contribution in [0.1, 0.15) is 11.1 Å². The fourth-order valence-corrected chi connectivity index (χ4v) is 2.58. The molecule has 0 unspecified atom stereocenters. The lowest BCUT2D eigenvalue weighted by molar-refractivity contribution is -0.151. The highest BCUT2D eigenvalue weighted by Crippen LogP contribution is 2.25. The summed E-state index contributed by atoms with van der Waals surface area (Å²) in [5, 5.41) is 9.40. The summed E-state index contributed by atoms with van der Waals surface area (Å²) in [5.74, 6) is -1.40. The van der Waals surface area contributed by atoms with Gasteiger partial charge in [0.1, 0.15) is 25.5 Å². The van der Waals surface area contributed by atoms with E-state index in [0.29, 0.717) is 19.6 Å². The van der Waals surface area contributed by atoms with Crippen molar-refractivity contribution in [2.24, 2.45) is 0 Å². The Balaban J connectivity index is 1.90. The van der Waals surface area contributed by atoms with Crippen LogP contribution in [-0.2, 0) is 32.0 Å². The Morgan fingerprint density at radius 1 is 1.19 bits per heavy atom. The van der Waals surface area contributed by atoms with E-state index >= 15 is 0 Å². The monoisotopic (exact) mass is 289 g/mol. The molecule has 1 amide bonds. The van der Waals surface area contributed by atoms with Gasteiger partial charge in [-0.05, 0) is 11.1 Å². The lowest BCUT2D eigenvalue weighted by Gasteiger charge is -2.35. The smallest absolute Gasteiger partial charge is 0.326 e. The Kier molecular flexibility index (Phi) is 3.51. The largest absolute Gasteiger partial charge is 0.494 e. The first-order valence-corrected chi connectivity index (χ1v) is 6.72. The zero-order chi connectivity index (χ0) is 14.8. The van der Waals surface area contributed by atoms with Crippen molar-refractivity contribution in [3.8, 4) is 0 Å². The van der Waals surface area contributed by atoms with Gasteiger partial charge in [0.2, 0.25) is 5.76 Å². The third kappa shape index (κ3) is 2.56. The first-order chi connectivity index (χ1) is 10.2. The lowest BCUT2D eigenvalue weighted by Crippen LogP contribution is -2.49. The number of rotatable bonds is 2. The van der Waals surface area contributed by atoms with Crippen molar-refractivity contribution in [1.82, 2.24) is 4.90 Å². The predicted molar refractivity (Wildman–Crippen MR) is 72.1 cm³/mol. The number of hydrogen-bond acceptors (Lipinski definition) is 4. The van der Waals surface area contributed by atoms with Crippen LogP contribution in [0.4, 0.5) is 0 Å². The topological polar surface area (TPSA) is 76.1 Å². The van der Waals surface area contributed by atoms with Crippen LogP contribution in [0.5, 0.6) is 0 Å². The molecular formula is C15H15NO5. The number of aliphatic carboxylic acids is 1. The summed E-state index contributed by atoms with van der Waals surface area (Å²) in [6.07, 6.45) is 1.55. The van der Waals surface area contributed by atoms with Gasteiger partial charge in [-0.15, -0.1) is 0 Å². The van der Waals surface area contributed by atoms with Crippen LogP contribution < -0.4 is 0 Å². The molecule has 0 radical (unpaired) electrons. The highest BCUT2D eigenvalue weighted by Gasteiger charge is 2.36. The van der Waals surface area contributed by atoms with Gasteiger partial charge in [0.25, 0.3) is 5.91 Å². The van der Waals surface area contributed by atoms with Crippen LogP contribution in [0.15, 0.2) is 36.3 Å². The Bertz CT molecular complexity index is 610. The number of carboxylic acid groups (broad SMARTS) is 1. The van der Waals surface area contributed by atoms with Crippen LogP contribution in [0.25, 0.3) is 0 Å². The maximum absolute atomic E-state index is 12.5. The van der Waals surface area contributed by atoms with Gasteiger partial charge in [0.05, 0.1) is 0 Å². The van der Waals surface area contributed by atoms with Gasteiger partial charge in [-0.25, -0.2) is 4.79 Å². The second kappa shape index (κ2) is 5.47. The second-order valence-electron chi connectivity index (χ2n) is 4.96. The zero-order valence-electron chi connectivity index (χ0n) is 11.3. The third-order valence-electron chi connectivity index (χ3n) is 3.65. The van der Waals surface area contributed by atoms with Crippen LogP contribution >= 0.6 is 0 Å². The van der Waals surface area contributed by atoms with Crippen molar-refractivity contribution in [1.29, 1.82) is 0 Å². The molecule has 1 aromatic rings. The van der Waals surface area contributed by atoms with Crippen molar-refractivity contribution in [2.75, 3.05) is 13.2 Å². The van der Waals surface area contributed by atoms with Crippen molar-refractivity contribution in [3.63, 3.8) is 0 Å². The Morgan fingerprint density at radius 2 is 1.95 bits per heavy atom. The summed E-state index contributed by atoms with van der Waals surface area (Å²) in [6.45, 7) is 0.939. The van der Waals surface area contributed by atoms with E-state index in [2.05, 4.69) is 0 Å². The molecule has 2 heterocycles. The van der Waals surface area contributed by atoms with Crippen LogP contribution in [-0.4, -0.2) is 41.1 Å². The Hall–Kier alpha value is -2.50. The van der Waals surface area contributed by atoms with Crippen LogP contribution in [0.3, 0.4) is 0 Å². The molecule has 0 bridgehead atoms. The molecule has 1 aromatic carbocycles. The number of carbonyl (C=O) groups excluding carboxylic acids is 1. The summed E-state index contributed by atoms with van der Waals surface area (Å²) in [7, 11) is 0. The maximum Gasteiger partial charge on any atom is 0.326 e. The van der Waals surface area contributed by atoms with Gasteiger partial charge >= 0.3 is 5.97 Å². The average Bonchev–Trinajstić information content (AvgIpc) is 2.53. The van der Waals surface area contributed by atoms with E-state index in [4.69, 9.17) is 9.47 Å². The molecule has 21 heavy (non-hydrogen) atoms. The third-order valence-corrected chi connectivity index (χ3v) is 3.65. The molecular weight excluding hydrogens is 274 g/mol. The first kappa shape index (κ1) is 13.5. The minimum absolute atomic E-state index is 0.0619. The average molecular weight is 289 g/mol. The van der Waals surface area contributed by atoms with E-state index in [0.717, 1.165) is 11.1 Å². The van der Waals surface area contributed by atoms with Crippen LogP contribution in [0, 0.1) is 0 Å². The fraction of sp³-hybridized carbons (Fsp3) is 0.333. The molecule has 0 saturated heterocycles. The number of carboxylic acids is 1. The summed E-state index contributed by atoms with van der Waals surface area (Å²) < 4.78 is 10.3. The molecule has 6 heteroatoms. The number of carbonyl (C=O) groups is 2. The summed E-state index contributed by atoms with van der Waals surface area (Å²) >= 11 is 0. The van der Waals surface area contributed by atoms with E-state index in [1.54, 1.807) is 0 Å². The lowest BCUT2D eigenvalue weighted by atomic mass is 9.94. The molecule has 0 spiro atoms. The van der Waals surface area contributed by atoms with Crippen molar-refractivity contribution in [2.45, 2.75) is 19.0 Å². The number of hydrogen-bond donors (Lipinski definition) is 1. The summed E-state index contributed by atoms with van der Waals surface area (Å²) in [5.41, 5.74) is 1.92. The summed E-state index contributed by atoms with van der Waals surface area (Å²) in [4.78, 5) is 25.3. The molecule has 2 aliphatic heterocycles. The molecule has 6 nitrogen and oxygen atoms in total. The van der Waals surface area contributed by atoms with Gasteiger partial charge in [0, 0.05) is 13.0 Å². The van der Waals surface area contributed by atoms with Crippen molar-refractivity contribution in [3.05, 3.63) is 47.4 Å². The van der Waals surface area contributed by atoms with Gasteiger partial charge < -0.3 is 19.5 Å². The molecule has 0 saturated carbocycles. The zero-order valence-corrected chi connectivity index (χ0v) is 11.3. The standard InChI is InChI=1S/C15H15NO5/c17-14(13-9-20-5-6-21-13)16-8-11-4-2-1-3-10(11)7-12(16)15(18)19/h1-4,9,12H,5-8H2,(H,18,19)/t12-/m0/s1. The van der Waals surface area contributed by atoms with E-state index in [9.17, 15) is 14.7 Å². The van der Waals surface area contributed by atoms with Crippen molar-refractivity contribution < 1.29 is 24.2 Å². The second-order valence-corrected chi connectivity index (χ2v) is 4.96. The fourth-order valence-electron chi connectivity index (χ4n) is 2.58. The SMILES string of the molecule is O=C(O)[C@@H]1Cc2ccccc2CN1C(=O)C1=COCCO1. The van der Waals surface area contributed by atoms with Gasteiger partial charge in [-0.3, -0.25) is 4.79 Å². The molecule has 1 atom stereocenters. The highest BCUT2D eigenvalue weighted by atomic mass is 16.6. The molecule has 0 aliphatic carbocycles. The van der Waals surface area contributed by atoms with E-state index in [1.165, 1.54) is 11.2 Å². The number of nitrogens with zero attached hydrogens (tertiary/aromatic N) is 1. The molecule has 110 valence electrons. The van der Waals surface area contributed by atoms with E-state index in [1.807, 2.05) is 24.3 Å². The van der Waals surface area contributed by atoms with Gasteiger partial charge in [-0.2, -0.15) is 0 Å². The number of fused-ring (bicyclic) bond motifs is 1. The predicted octanol–water partition coefficient (Wildman–Crippen LogP) is 0.913. The van der Waals surface area contributed by atoms with Gasteiger partial charge in [0.15, 0.2) is 0 Å². The van der Waals surface area contributed by atoms with E-state index in [-0.39, 0.29) is 12.3 Å². The molecule has 0 aromatic heterocycles. The number of amides is 1. The summed E-state index contributed by atoms with van der Waals surface area (Å²) in [6, 6.07) is 6.66. The minimum atomic E-state index is -1.02. The molecule has 3 rings (SSSR count). The quantitative estimate of drug-likeness (QED) is 0.876. The first-order valence-electron chi connectivity index (χ1n) is 6.72. The van der Waals surface area contributed by atoms with Crippen molar-refractivity contribution >= 4 is 11.9 Å². The number of ether oxygens (including phenoxy) is 2. The minimum Gasteiger partial charge on any atom is -0.494 e. The van der Waals surface area contributed by atoms with Crippen LogP contribution in [0.2, 0.25) is 0 Å². The molecule has 0 fully saturated rings.